The molecule has 0 saturated carbocycles. The fourth-order valence-electron chi connectivity index (χ4n) is 1.49. The van der Waals surface area contributed by atoms with Crippen molar-refractivity contribution < 1.29 is 0 Å². The van der Waals surface area contributed by atoms with Crippen molar-refractivity contribution in [3.05, 3.63) is 53.6 Å². The zero-order valence-corrected chi connectivity index (χ0v) is 10.1. The van der Waals surface area contributed by atoms with Gasteiger partial charge in [-0.1, -0.05) is 50.3 Å². The van der Waals surface area contributed by atoms with Crippen molar-refractivity contribution in [3.8, 4) is 6.07 Å². The standard InChI is InChI=1S/C15H17N/c1-12(2)9-14(11-16)10-13(3)15-7-5-4-6-8-15/h4-10,12H,1-3H3/b13-10+,14-9-. The molecule has 1 aromatic carbocycles. The molecule has 0 saturated heterocycles. The molecule has 1 nitrogen and oxygen atoms in total. The second-order valence-electron chi connectivity index (χ2n) is 4.17. The molecule has 0 amide bonds. The van der Waals surface area contributed by atoms with Gasteiger partial charge in [-0.25, -0.2) is 0 Å². The zero-order valence-electron chi connectivity index (χ0n) is 10.1. The Morgan fingerprint density at radius 2 is 1.88 bits per heavy atom. The molecule has 0 radical (unpaired) electrons. The minimum Gasteiger partial charge on any atom is -0.192 e. The van der Waals surface area contributed by atoms with Gasteiger partial charge < -0.3 is 0 Å². The van der Waals surface area contributed by atoms with E-state index in [-0.39, 0.29) is 0 Å². The van der Waals surface area contributed by atoms with Crippen molar-refractivity contribution >= 4 is 5.57 Å². The van der Waals surface area contributed by atoms with Gasteiger partial charge in [0.15, 0.2) is 0 Å². The monoisotopic (exact) mass is 211 g/mol. The Kier molecular flexibility index (Phi) is 4.54. The summed E-state index contributed by atoms with van der Waals surface area (Å²) in [5, 5.41) is 9.01. The van der Waals surface area contributed by atoms with Crippen LogP contribution in [0, 0.1) is 17.2 Å². The molecule has 0 aliphatic heterocycles. The van der Waals surface area contributed by atoms with E-state index >= 15 is 0 Å². The fourth-order valence-corrected chi connectivity index (χ4v) is 1.49. The Balaban J connectivity index is 2.97. The van der Waals surface area contributed by atoms with Crippen LogP contribution in [0.3, 0.4) is 0 Å². The third-order valence-corrected chi connectivity index (χ3v) is 2.24. The molecule has 0 aliphatic rings. The lowest BCUT2D eigenvalue weighted by molar-refractivity contribution is 0.828. The molecule has 0 heterocycles. The number of hydrogen-bond acceptors (Lipinski definition) is 1. The van der Waals surface area contributed by atoms with Crippen LogP contribution in [-0.2, 0) is 0 Å². The SMILES string of the molecule is C/C(=C\C(C#N)=C\C(C)C)c1ccccc1. The van der Waals surface area contributed by atoms with E-state index in [9.17, 15) is 0 Å². The highest BCUT2D eigenvalue weighted by Gasteiger charge is 1.97. The molecule has 1 rings (SSSR count). The Hall–Kier alpha value is -1.81. The third kappa shape index (κ3) is 3.74. The summed E-state index contributed by atoms with van der Waals surface area (Å²) in [6.07, 6.45) is 3.92. The number of allylic oxidation sites excluding steroid dienone is 4. The summed E-state index contributed by atoms with van der Waals surface area (Å²) in [6.45, 7) is 6.17. The van der Waals surface area contributed by atoms with Crippen LogP contribution >= 0.6 is 0 Å². The number of nitrogens with zero attached hydrogens (tertiary/aromatic N) is 1. The molecule has 0 fully saturated rings. The zero-order chi connectivity index (χ0) is 12.0. The van der Waals surface area contributed by atoms with Crippen LogP contribution in [0.2, 0.25) is 0 Å². The molecule has 0 aliphatic carbocycles. The van der Waals surface area contributed by atoms with E-state index in [4.69, 9.17) is 5.26 Å². The fraction of sp³-hybridized carbons (Fsp3) is 0.267. The lowest BCUT2D eigenvalue weighted by atomic mass is 10.0. The van der Waals surface area contributed by atoms with Gasteiger partial charge in [0.05, 0.1) is 6.07 Å². The largest absolute Gasteiger partial charge is 0.192 e. The van der Waals surface area contributed by atoms with Crippen molar-refractivity contribution in [2.45, 2.75) is 20.8 Å². The van der Waals surface area contributed by atoms with Crippen LogP contribution in [0.25, 0.3) is 5.57 Å². The third-order valence-electron chi connectivity index (χ3n) is 2.24. The van der Waals surface area contributed by atoms with Gasteiger partial charge in [0.1, 0.15) is 0 Å². The van der Waals surface area contributed by atoms with Gasteiger partial charge in [-0.2, -0.15) is 5.26 Å². The first-order chi connectivity index (χ1) is 7.63. The molecule has 1 heteroatoms. The molecular formula is C15H17N. The van der Waals surface area contributed by atoms with Gasteiger partial charge in [-0.15, -0.1) is 0 Å². The van der Waals surface area contributed by atoms with Crippen LogP contribution in [0.15, 0.2) is 48.1 Å². The van der Waals surface area contributed by atoms with Crippen molar-refractivity contribution in [1.82, 2.24) is 0 Å². The highest BCUT2D eigenvalue weighted by atomic mass is 14.2. The average Bonchev–Trinajstić information content (AvgIpc) is 2.28. The molecule has 1 aromatic rings. The number of hydrogen-bond donors (Lipinski definition) is 0. The Bertz CT molecular complexity index is 430. The van der Waals surface area contributed by atoms with Crippen LogP contribution in [-0.4, -0.2) is 0 Å². The average molecular weight is 211 g/mol. The molecule has 82 valence electrons. The Labute approximate surface area is 97.7 Å². The molecule has 0 atom stereocenters. The normalized spacial score (nSPS) is 12.7. The van der Waals surface area contributed by atoms with Gasteiger partial charge in [-0.05, 0) is 30.1 Å². The number of rotatable bonds is 3. The van der Waals surface area contributed by atoms with Gasteiger partial charge in [-0.3, -0.25) is 0 Å². The first kappa shape index (κ1) is 12.3. The van der Waals surface area contributed by atoms with E-state index < -0.39 is 0 Å². The summed E-state index contributed by atoms with van der Waals surface area (Å²) in [7, 11) is 0. The van der Waals surface area contributed by atoms with E-state index in [1.807, 2.05) is 37.3 Å². The van der Waals surface area contributed by atoms with E-state index in [1.54, 1.807) is 0 Å². The number of benzene rings is 1. The predicted octanol–water partition coefficient (Wildman–Crippen LogP) is 4.20. The first-order valence-electron chi connectivity index (χ1n) is 5.49. The Morgan fingerprint density at radius 3 is 2.38 bits per heavy atom. The lowest BCUT2D eigenvalue weighted by Gasteiger charge is -2.01. The second kappa shape index (κ2) is 5.92. The summed E-state index contributed by atoms with van der Waals surface area (Å²) >= 11 is 0. The smallest absolute Gasteiger partial charge is 0.0988 e. The Morgan fingerprint density at radius 1 is 1.25 bits per heavy atom. The lowest BCUT2D eigenvalue weighted by Crippen LogP contribution is -1.84. The summed E-state index contributed by atoms with van der Waals surface area (Å²) in [4.78, 5) is 0. The predicted molar refractivity (Wildman–Crippen MR) is 68.6 cm³/mol. The highest BCUT2D eigenvalue weighted by Crippen LogP contribution is 2.16. The van der Waals surface area contributed by atoms with Crippen molar-refractivity contribution in [2.75, 3.05) is 0 Å². The highest BCUT2D eigenvalue weighted by molar-refractivity contribution is 5.67. The summed E-state index contributed by atoms with van der Waals surface area (Å²) in [5.41, 5.74) is 3.01. The second-order valence-corrected chi connectivity index (χ2v) is 4.17. The maximum atomic E-state index is 9.01. The maximum absolute atomic E-state index is 9.01. The van der Waals surface area contributed by atoms with Crippen molar-refractivity contribution in [3.63, 3.8) is 0 Å². The van der Waals surface area contributed by atoms with Crippen molar-refractivity contribution in [2.24, 2.45) is 5.92 Å². The van der Waals surface area contributed by atoms with E-state index in [1.165, 1.54) is 0 Å². The van der Waals surface area contributed by atoms with Gasteiger partial charge in [0.25, 0.3) is 0 Å². The molecule has 0 bridgehead atoms. The van der Waals surface area contributed by atoms with Gasteiger partial charge in [0.2, 0.25) is 0 Å². The molecule has 16 heavy (non-hydrogen) atoms. The van der Waals surface area contributed by atoms with E-state index in [0.717, 1.165) is 16.7 Å². The molecular weight excluding hydrogens is 194 g/mol. The summed E-state index contributed by atoms with van der Waals surface area (Å²) in [5.74, 6) is 0.398. The maximum Gasteiger partial charge on any atom is 0.0988 e. The number of nitriles is 1. The minimum absolute atomic E-state index is 0.398. The molecule has 0 spiro atoms. The van der Waals surface area contributed by atoms with Gasteiger partial charge in [0, 0.05) is 5.57 Å². The first-order valence-corrected chi connectivity index (χ1v) is 5.49. The van der Waals surface area contributed by atoms with Gasteiger partial charge >= 0.3 is 0 Å². The topological polar surface area (TPSA) is 23.8 Å². The summed E-state index contributed by atoms with van der Waals surface area (Å²) < 4.78 is 0. The van der Waals surface area contributed by atoms with E-state index in [0.29, 0.717) is 5.92 Å². The van der Waals surface area contributed by atoms with Crippen LogP contribution < -0.4 is 0 Å². The molecule has 0 unspecified atom stereocenters. The van der Waals surface area contributed by atoms with Crippen LogP contribution in [0.5, 0.6) is 0 Å². The van der Waals surface area contributed by atoms with Crippen LogP contribution in [0.4, 0.5) is 0 Å². The van der Waals surface area contributed by atoms with Crippen LogP contribution in [0.1, 0.15) is 26.3 Å². The van der Waals surface area contributed by atoms with E-state index in [2.05, 4.69) is 32.0 Å². The molecule has 0 aromatic heterocycles. The van der Waals surface area contributed by atoms with Crippen molar-refractivity contribution in [1.29, 1.82) is 5.26 Å². The quantitative estimate of drug-likeness (QED) is 0.543. The molecule has 0 N–H and O–H groups in total. The summed E-state index contributed by atoms with van der Waals surface area (Å²) in [6, 6.07) is 12.3. The minimum atomic E-state index is 0.398.